The molecule has 0 saturated carbocycles. The minimum absolute atomic E-state index is 0.0322. The Morgan fingerprint density at radius 1 is 1.56 bits per heavy atom. The van der Waals surface area contributed by atoms with Crippen molar-refractivity contribution in [1.82, 2.24) is 14.7 Å². The Morgan fingerprint density at radius 2 is 2.22 bits per heavy atom. The predicted molar refractivity (Wildman–Crippen MR) is 74.1 cm³/mol. The number of hydrogen-bond donors (Lipinski definition) is 0. The highest BCUT2D eigenvalue weighted by molar-refractivity contribution is 6.17. The molecule has 0 unspecified atom stereocenters. The molecular formula is C13H22ClN3O. The lowest BCUT2D eigenvalue weighted by Crippen LogP contribution is -2.38. The molecule has 0 spiro atoms. The summed E-state index contributed by atoms with van der Waals surface area (Å²) >= 11 is 5.70. The highest BCUT2D eigenvalue weighted by atomic mass is 35.5. The van der Waals surface area contributed by atoms with Crippen molar-refractivity contribution in [3.63, 3.8) is 0 Å². The van der Waals surface area contributed by atoms with Gasteiger partial charge in [0.1, 0.15) is 5.69 Å². The first-order valence-electron chi connectivity index (χ1n) is 6.41. The number of rotatable bonds is 6. The van der Waals surface area contributed by atoms with Crippen molar-refractivity contribution < 1.29 is 4.79 Å². The van der Waals surface area contributed by atoms with Crippen LogP contribution in [-0.2, 0) is 13.5 Å². The molecule has 18 heavy (non-hydrogen) atoms. The zero-order chi connectivity index (χ0) is 13.7. The van der Waals surface area contributed by atoms with E-state index >= 15 is 0 Å². The van der Waals surface area contributed by atoms with E-state index in [0.29, 0.717) is 18.1 Å². The molecule has 1 amide bonds. The Labute approximate surface area is 114 Å². The van der Waals surface area contributed by atoms with Crippen LogP contribution >= 0.6 is 11.6 Å². The molecule has 0 N–H and O–H groups in total. The smallest absolute Gasteiger partial charge is 0.272 e. The van der Waals surface area contributed by atoms with Gasteiger partial charge >= 0.3 is 0 Å². The van der Waals surface area contributed by atoms with Crippen LogP contribution in [-0.4, -0.2) is 39.1 Å². The van der Waals surface area contributed by atoms with Crippen molar-refractivity contribution in [1.29, 1.82) is 0 Å². The van der Waals surface area contributed by atoms with Gasteiger partial charge in [-0.2, -0.15) is 5.10 Å². The van der Waals surface area contributed by atoms with Crippen molar-refractivity contribution in [3.05, 3.63) is 17.5 Å². The molecule has 0 bridgehead atoms. The van der Waals surface area contributed by atoms with Crippen molar-refractivity contribution in [3.8, 4) is 0 Å². The van der Waals surface area contributed by atoms with Crippen LogP contribution < -0.4 is 0 Å². The fourth-order valence-corrected chi connectivity index (χ4v) is 1.99. The second kappa shape index (κ2) is 6.78. The van der Waals surface area contributed by atoms with Crippen molar-refractivity contribution >= 4 is 17.5 Å². The van der Waals surface area contributed by atoms with Crippen molar-refractivity contribution in [2.45, 2.75) is 39.7 Å². The minimum atomic E-state index is 0.0322. The van der Waals surface area contributed by atoms with Gasteiger partial charge in [-0.15, -0.1) is 11.6 Å². The lowest BCUT2D eigenvalue weighted by molar-refractivity contribution is 0.0695. The van der Waals surface area contributed by atoms with Gasteiger partial charge in [0, 0.05) is 25.5 Å². The van der Waals surface area contributed by atoms with E-state index in [4.69, 9.17) is 11.6 Å². The second-order valence-corrected chi connectivity index (χ2v) is 5.01. The zero-order valence-electron chi connectivity index (χ0n) is 11.6. The Hall–Kier alpha value is -1.03. The Kier molecular flexibility index (Phi) is 5.66. The van der Waals surface area contributed by atoms with Crippen LogP contribution in [0.15, 0.2) is 6.07 Å². The predicted octanol–water partition coefficient (Wildman–Crippen LogP) is 2.46. The zero-order valence-corrected chi connectivity index (χ0v) is 12.4. The Balaban J connectivity index is 2.90. The van der Waals surface area contributed by atoms with Gasteiger partial charge in [0.2, 0.25) is 0 Å². The number of halogens is 1. The van der Waals surface area contributed by atoms with E-state index in [9.17, 15) is 4.79 Å². The summed E-state index contributed by atoms with van der Waals surface area (Å²) in [6.45, 7) is 6.75. The molecule has 102 valence electrons. The quantitative estimate of drug-likeness (QED) is 0.746. The maximum Gasteiger partial charge on any atom is 0.272 e. The molecule has 5 heteroatoms. The molecule has 1 rings (SSSR count). The molecule has 0 atom stereocenters. The van der Waals surface area contributed by atoms with Gasteiger partial charge in [-0.25, -0.2) is 0 Å². The summed E-state index contributed by atoms with van der Waals surface area (Å²) in [4.78, 5) is 14.3. The molecule has 0 aliphatic heterocycles. The first kappa shape index (κ1) is 15.0. The van der Waals surface area contributed by atoms with Gasteiger partial charge < -0.3 is 4.90 Å². The average molecular weight is 272 g/mol. The molecule has 0 saturated heterocycles. The van der Waals surface area contributed by atoms with Crippen molar-refractivity contribution in [2.24, 2.45) is 7.05 Å². The van der Waals surface area contributed by atoms with Gasteiger partial charge in [0.25, 0.3) is 5.91 Å². The molecule has 0 aromatic carbocycles. The highest BCUT2D eigenvalue weighted by Crippen LogP contribution is 2.11. The van der Waals surface area contributed by atoms with E-state index in [2.05, 4.69) is 5.10 Å². The molecule has 1 heterocycles. The van der Waals surface area contributed by atoms with Gasteiger partial charge in [0.15, 0.2) is 0 Å². The van der Waals surface area contributed by atoms with Crippen LogP contribution in [0.2, 0.25) is 0 Å². The van der Waals surface area contributed by atoms with Crippen LogP contribution in [0.25, 0.3) is 0 Å². The van der Waals surface area contributed by atoms with Crippen LogP contribution in [0, 0.1) is 0 Å². The van der Waals surface area contributed by atoms with E-state index in [1.54, 1.807) is 4.68 Å². The van der Waals surface area contributed by atoms with E-state index in [0.717, 1.165) is 18.5 Å². The first-order chi connectivity index (χ1) is 8.51. The Bertz CT molecular complexity index is 401. The molecule has 0 radical (unpaired) electrons. The monoisotopic (exact) mass is 271 g/mol. The lowest BCUT2D eigenvalue weighted by Gasteiger charge is -2.26. The molecule has 0 aliphatic rings. The van der Waals surface area contributed by atoms with Crippen molar-refractivity contribution in [2.75, 3.05) is 12.4 Å². The number of carbonyl (C=O) groups is 1. The topological polar surface area (TPSA) is 38.1 Å². The van der Waals surface area contributed by atoms with E-state index in [1.165, 1.54) is 0 Å². The fourth-order valence-electron chi connectivity index (χ4n) is 1.87. The van der Waals surface area contributed by atoms with E-state index in [1.807, 2.05) is 38.8 Å². The second-order valence-electron chi connectivity index (χ2n) is 4.63. The fraction of sp³-hybridized carbons (Fsp3) is 0.692. The number of carbonyl (C=O) groups excluding carboxylic acids is 1. The lowest BCUT2D eigenvalue weighted by atomic mass is 10.2. The standard InChI is InChI=1S/C13H22ClN3O/c1-5-11-9-12(16(4)15-11)13(18)17(10(2)3)8-6-7-14/h9-10H,5-8H2,1-4H3. The summed E-state index contributed by atoms with van der Waals surface area (Å²) in [5, 5.41) is 4.32. The van der Waals surface area contributed by atoms with E-state index < -0.39 is 0 Å². The summed E-state index contributed by atoms with van der Waals surface area (Å²) in [7, 11) is 1.81. The number of amides is 1. The number of aromatic nitrogens is 2. The number of hydrogen-bond acceptors (Lipinski definition) is 2. The molecular weight excluding hydrogens is 250 g/mol. The maximum atomic E-state index is 12.5. The third kappa shape index (κ3) is 3.48. The minimum Gasteiger partial charge on any atom is -0.335 e. The third-order valence-corrected chi connectivity index (χ3v) is 3.20. The van der Waals surface area contributed by atoms with Gasteiger partial charge in [-0.05, 0) is 32.8 Å². The normalized spacial score (nSPS) is 11.0. The number of nitrogens with zero attached hydrogens (tertiary/aromatic N) is 3. The number of alkyl halides is 1. The average Bonchev–Trinajstić information content (AvgIpc) is 2.70. The van der Waals surface area contributed by atoms with Crippen LogP contribution in [0.3, 0.4) is 0 Å². The summed E-state index contributed by atoms with van der Waals surface area (Å²) in [6.07, 6.45) is 1.65. The molecule has 1 aromatic heterocycles. The first-order valence-corrected chi connectivity index (χ1v) is 6.94. The molecule has 1 aromatic rings. The highest BCUT2D eigenvalue weighted by Gasteiger charge is 2.21. The third-order valence-electron chi connectivity index (χ3n) is 2.93. The van der Waals surface area contributed by atoms with Gasteiger partial charge in [-0.3, -0.25) is 9.48 Å². The molecule has 4 nitrogen and oxygen atoms in total. The van der Waals surface area contributed by atoms with Gasteiger partial charge in [-0.1, -0.05) is 6.92 Å². The Morgan fingerprint density at radius 3 is 2.67 bits per heavy atom. The largest absolute Gasteiger partial charge is 0.335 e. The number of aryl methyl sites for hydroxylation is 2. The summed E-state index contributed by atoms with van der Waals surface area (Å²) in [5.74, 6) is 0.604. The maximum absolute atomic E-state index is 12.5. The molecule has 0 fully saturated rings. The summed E-state index contributed by atoms with van der Waals surface area (Å²) in [6, 6.07) is 2.04. The van der Waals surface area contributed by atoms with E-state index in [-0.39, 0.29) is 11.9 Å². The SMILES string of the molecule is CCc1cc(C(=O)N(CCCCl)C(C)C)n(C)n1. The molecule has 0 aliphatic carbocycles. The summed E-state index contributed by atoms with van der Waals surface area (Å²) < 4.78 is 1.66. The van der Waals surface area contributed by atoms with Crippen LogP contribution in [0.4, 0.5) is 0 Å². The van der Waals surface area contributed by atoms with Crippen LogP contribution in [0.5, 0.6) is 0 Å². The summed E-state index contributed by atoms with van der Waals surface area (Å²) in [5.41, 5.74) is 1.59. The van der Waals surface area contributed by atoms with Gasteiger partial charge in [0.05, 0.1) is 5.69 Å². The van der Waals surface area contributed by atoms with Crippen LogP contribution in [0.1, 0.15) is 43.4 Å².